The number of morpholine rings is 1. The summed E-state index contributed by atoms with van der Waals surface area (Å²) >= 11 is 0. The summed E-state index contributed by atoms with van der Waals surface area (Å²) in [7, 11) is -2.58. The van der Waals surface area contributed by atoms with E-state index < -0.39 is 22.2 Å². The maximum absolute atomic E-state index is 13.2. The lowest BCUT2D eigenvalue weighted by molar-refractivity contribution is -0.142. The Morgan fingerprint density at radius 3 is 2.26 bits per heavy atom. The van der Waals surface area contributed by atoms with Crippen molar-refractivity contribution >= 4 is 38.5 Å². The van der Waals surface area contributed by atoms with Crippen molar-refractivity contribution < 1.29 is 27.5 Å². The van der Waals surface area contributed by atoms with Crippen molar-refractivity contribution in [2.45, 2.75) is 13.0 Å². The van der Waals surface area contributed by atoms with E-state index in [1.54, 1.807) is 0 Å². The van der Waals surface area contributed by atoms with E-state index in [0.717, 1.165) is 27.6 Å². The lowest BCUT2D eigenvalue weighted by Gasteiger charge is -2.35. The second-order valence-electron chi connectivity index (χ2n) is 10.2. The van der Waals surface area contributed by atoms with Crippen molar-refractivity contribution in [3.63, 3.8) is 0 Å². The first-order valence-corrected chi connectivity index (χ1v) is 15.3. The fraction of sp³-hybridized carbons (Fsp3) is 0.355. The smallest absolute Gasteiger partial charge is 0.323 e. The third kappa shape index (κ3) is 6.74. The highest BCUT2D eigenvalue weighted by atomic mass is 32.2. The number of nitrogens with zero attached hydrogens (tertiary/aromatic N) is 3. The second kappa shape index (κ2) is 12.9. The molecule has 0 saturated carbocycles. The summed E-state index contributed by atoms with van der Waals surface area (Å²) in [4.78, 5) is 28.7. The minimum absolute atomic E-state index is 0.00930. The molecule has 2 fully saturated rings. The van der Waals surface area contributed by atoms with Crippen LogP contribution in [0.3, 0.4) is 0 Å². The van der Waals surface area contributed by atoms with Gasteiger partial charge in [-0.2, -0.15) is 17.4 Å². The SMILES string of the molecule is COC(=O)[C@H](C)NS(=O)(=O)N1CCN(c2ccc(C#Cc3ccc4cccc(C(=O)N5CCOCC5)c4c3)cc2)CC1. The Kier molecular flexibility index (Phi) is 9.09. The molecule has 2 aliphatic heterocycles. The molecule has 2 heterocycles. The van der Waals surface area contributed by atoms with Crippen LogP contribution in [0.4, 0.5) is 5.69 Å². The molecule has 5 rings (SSSR count). The number of esters is 1. The molecule has 0 aliphatic carbocycles. The molecule has 0 spiro atoms. The van der Waals surface area contributed by atoms with Gasteiger partial charge < -0.3 is 19.3 Å². The van der Waals surface area contributed by atoms with Gasteiger partial charge >= 0.3 is 5.97 Å². The Morgan fingerprint density at radius 2 is 1.57 bits per heavy atom. The number of benzene rings is 3. The molecule has 0 radical (unpaired) electrons. The van der Waals surface area contributed by atoms with Gasteiger partial charge in [0.25, 0.3) is 16.1 Å². The van der Waals surface area contributed by atoms with E-state index in [0.29, 0.717) is 58.0 Å². The first-order chi connectivity index (χ1) is 20.2. The van der Waals surface area contributed by atoms with Crippen LogP contribution >= 0.6 is 0 Å². The fourth-order valence-electron chi connectivity index (χ4n) is 5.08. The van der Waals surface area contributed by atoms with Gasteiger partial charge in [0.1, 0.15) is 6.04 Å². The summed E-state index contributed by atoms with van der Waals surface area (Å²) in [5.41, 5.74) is 3.31. The molecule has 1 amide bonds. The number of ether oxygens (including phenoxy) is 2. The maximum Gasteiger partial charge on any atom is 0.323 e. The Balaban J connectivity index is 1.23. The molecule has 220 valence electrons. The summed E-state index contributed by atoms with van der Waals surface area (Å²) in [6.07, 6.45) is 0. The van der Waals surface area contributed by atoms with Crippen LogP contribution < -0.4 is 9.62 Å². The summed E-state index contributed by atoms with van der Waals surface area (Å²) < 4.78 is 39.0. The van der Waals surface area contributed by atoms with Crippen LogP contribution in [0, 0.1) is 11.8 Å². The van der Waals surface area contributed by atoms with Gasteiger partial charge in [0, 0.05) is 61.6 Å². The van der Waals surface area contributed by atoms with E-state index in [1.165, 1.54) is 18.3 Å². The average molecular weight is 591 g/mol. The van der Waals surface area contributed by atoms with Crippen molar-refractivity contribution in [3.05, 3.63) is 77.4 Å². The fourth-order valence-corrected chi connectivity index (χ4v) is 6.42. The monoisotopic (exact) mass is 590 g/mol. The minimum atomic E-state index is -3.80. The van der Waals surface area contributed by atoms with Crippen LogP contribution in [0.5, 0.6) is 0 Å². The van der Waals surface area contributed by atoms with Gasteiger partial charge in [-0.15, -0.1) is 0 Å². The number of hydrogen-bond acceptors (Lipinski definition) is 7. The molecule has 2 saturated heterocycles. The zero-order valence-electron chi connectivity index (χ0n) is 23.7. The maximum atomic E-state index is 13.2. The zero-order chi connectivity index (χ0) is 29.7. The normalized spacial score (nSPS) is 16.9. The molecule has 2 aliphatic rings. The quantitative estimate of drug-likeness (QED) is 0.347. The number of amides is 1. The molecular weight excluding hydrogens is 556 g/mol. The van der Waals surface area contributed by atoms with Gasteiger partial charge in [0.2, 0.25) is 0 Å². The van der Waals surface area contributed by atoms with Crippen molar-refractivity contribution in [3.8, 4) is 11.8 Å². The summed E-state index contributed by atoms with van der Waals surface area (Å²) in [6, 6.07) is 18.6. The lowest BCUT2D eigenvalue weighted by atomic mass is 10.0. The summed E-state index contributed by atoms with van der Waals surface area (Å²) in [6.45, 7) is 5.36. The van der Waals surface area contributed by atoms with Crippen LogP contribution in [0.15, 0.2) is 60.7 Å². The van der Waals surface area contributed by atoms with Gasteiger partial charge in [-0.1, -0.05) is 30.0 Å². The molecule has 0 aromatic heterocycles. The van der Waals surface area contributed by atoms with Crippen LogP contribution in [0.2, 0.25) is 0 Å². The number of carbonyl (C=O) groups excluding carboxylic acids is 2. The third-order valence-corrected chi connectivity index (χ3v) is 9.15. The number of nitrogens with one attached hydrogen (secondary N) is 1. The van der Waals surface area contributed by atoms with Crippen LogP contribution in [0.1, 0.15) is 28.4 Å². The number of carbonyl (C=O) groups is 2. The van der Waals surface area contributed by atoms with E-state index in [9.17, 15) is 18.0 Å². The van der Waals surface area contributed by atoms with Crippen LogP contribution in [-0.4, -0.2) is 95.1 Å². The molecule has 10 nitrogen and oxygen atoms in total. The lowest BCUT2D eigenvalue weighted by Crippen LogP contribution is -2.54. The van der Waals surface area contributed by atoms with Crippen molar-refractivity contribution in [2.24, 2.45) is 0 Å². The van der Waals surface area contributed by atoms with Crippen LogP contribution in [0.25, 0.3) is 10.8 Å². The summed E-state index contributed by atoms with van der Waals surface area (Å²) in [5.74, 6) is 5.81. The Morgan fingerprint density at radius 1 is 0.905 bits per heavy atom. The molecule has 3 aromatic carbocycles. The van der Waals surface area contributed by atoms with E-state index in [4.69, 9.17) is 4.74 Å². The third-order valence-electron chi connectivity index (χ3n) is 7.45. The average Bonchev–Trinajstić information content (AvgIpc) is 3.03. The molecule has 11 heteroatoms. The van der Waals surface area contributed by atoms with Crippen molar-refractivity contribution in [2.75, 3.05) is 64.5 Å². The molecule has 42 heavy (non-hydrogen) atoms. The summed E-state index contributed by atoms with van der Waals surface area (Å²) in [5, 5.41) is 1.87. The standard InChI is InChI=1S/C31H34N4O6S/c1-23(31(37)40-2)32-42(38,39)35-16-14-33(15-17-35)27-12-9-24(10-13-27)6-7-25-8-11-26-4-3-5-28(29(26)22-25)30(36)34-18-20-41-21-19-34/h3-5,8-13,22-23,32H,14-21H2,1-2H3/t23-/m0/s1. The topological polar surface area (TPSA) is 108 Å². The zero-order valence-corrected chi connectivity index (χ0v) is 24.5. The molecule has 3 aromatic rings. The van der Waals surface area contributed by atoms with E-state index in [1.807, 2.05) is 65.6 Å². The number of piperazine rings is 1. The Labute approximate surface area is 246 Å². The largest absolute Gasteiger partial charge is 0.468 e. The Bertz CT molecular complexity index is 1620. The molecule has 0 bridgehead atoms. The van der Waals surface area contributed by atoms with Gasteiger partial charge in [-0.25, -0.2) is 0 Å². The highest BCUT2D eigenvalue weighted by Gasteiger charge is 2.30. The number of methoxy groups -OCH3 is 1. The van der Waals surface area contributed by atoms with Crippen molar-refractivity contribution in [1.29, 1.82) is 0 Å². The highest BCUT2D eigenvalue weighted by molar-refractivity contribution is 7.87. The molecular formula is C31H34N4O6S. The molecule has 1 N–H and O–H groups in total. The first-order valence-electron chi connectivity index (χ1n) is 13.9. The number of rotatable bonds is 6. The second-order valence-corrected chi connectivity index (χ2v) is 11.9. The predicted molar refractivity (Wildman–Crippen MR) is 160 cm³/mol. The Hall–Kier alpha value is -3.95. The first kappa shape index (κ1) is 29.5. The van der Waals surface area contributed by atoms with Gasteiger partial charge in [-0.3, -0.25) is 9.59 Å². The molecule has 0 unspecified atom stereocenters. The minimum Gasteiger partial charge on any atom is -0.468 e. The number of anilines is 1. The predicted octanol–water partition coefficient (Wildman–Crippen LogP) is 2.23. The number of fused-ring (bicyclic) bond motifs is 1. The van der Waals surface area contributed by atoms with Crippen LogP contribution in [-0.2, 0) is 24.5 Å². The van der Waals surface area contributed by atoms with E-state index in [2.05, 4.69) is 26.2 Å². The number of hydrogen-bond donors (Lipinski definition) is 1. The van der Waals surface area contributed by atoms with Gasteiger partial charge in [0.15, 0.2) is 0 Å². The van der Waals surface area contributed by atoms with Gasteiger partial charge in [0.05, 0.1) is 20.3 Å². The van der Waals surface area contributed by atoms with E-state index in [-0.39, 0.29) is 5.91 Å². The van der Waals surface area contributed by atoms with Gasteiger partial charge in [-0.05, 0) is 60.2 Å². The highest BCUT2D eigenvalue weighted by Crippen LogP contribution is 2.23. The van der Waals surface area contributed by atoms with Crippen molar-refractivity contribution in [1.82, 2.24) is 13.9 Å². The van der Waals surface area contributed by atoms with E-state index >= 15 is 0 Å². The molecule has 1 atom stereocenters.